The summed E-state index contributed by atoms with van der Waals surface area (Å²) in [5, 5.41) is 0. The van der Waals surface area contributed by atoms with E-state index in [1.807, 2.05) is 19.0 Å². The van der Waals surface area contributed by atoms with Crippen LogP contribution >= 0.6 is 0 Å². The van der Waals surface area contributed by atoms with Gasteiger partial charge in [-0.05, 0) is 20.0 Å². The minimum atomic E-state index is 0.102. The minimum Gasteiger partial charge on any atom is -0.331 e. The van der Waals surface area contributed by atoms with E-state index in [1.54, 1.807) is 19.0 Å². The van der Waals surface area contributed by atoms with Crippen molar-refractivity contribution in [1.29, 1.82) is 0 Å². The molecule has 0 fully saturated rings. The van der Waals surface area contributed by atoms with E-state index >= 15 is 0 Å². The Morgan fingerprint density at radius 3 is 1.93 bits per heavy atom. The first-order valence-corrected chi connectivity index (χ1v) is 5.45. The van der Waals surface area contributed by atoms with Crippen molar-refractivity contribution in [3.05, 3.63) is 0 Å². The molecule has 0 bridgehead atoms. The van der Waals surface area contributed by atoms with Gasteiger partial charge in [0.1, 0.15) is 0 Å². The van der Waals surface area contributed by atoms with Gasteiger partial charge in [-0.25, -0.2) is 4.79 Å². The van der Waals surface area contributed by atoms with Crippen LogP contribution in [0.2, 0.25) is 0 Å². The minimum absolute atomic E-state index is 0.102. The van der Waals surface area contributed by atoms with Gasteiger partial charge >= 0.3 is 6.03 Å². The molecule has 0 spiro atoms. The van der Waals surface area contributed by atoms with Gasteiger partial charge in [0.15, 0.2) is 0 Å². The average Bonchev–Trinajstić information content (AvgIpc) is 2.10. The highest BCUT2D eigenvalue weighted by atomic mass is 16.2. The van der Waals surface area contributed by atoms with Crippen molar-refractivity contribution in [2.24, 2.45) is 5.92 Å². The Morgan fingerprint density at radius 2 is 1.60 bits per heavy atom. The maximum Gasteiger partial charge on any atom is 0.319 e. The van der Waals surface area contributed by atoms with E-state index < -0.39 is 0 Å². The fourth-order valence-corrected chi connectivity index (χ4v) is 1.31. The summed E-state index contributed by atoms with van der Waals surface area (Å²) in [6.45, 7) is 6.79. The molecule has 0 aromatic rings. The van der Waals surface area contributed by atoms with Crippen molar-refractivity contribution in [1.82, 2.24) is 14.7 Å². The first-order valence-electron chi connectivity index (χ1n) is 5.45. The molecule has 0 N–H and O–H groups in total. The smallest absolute Gasteiger partial charge is 0.319 e. The van der Waals surface area contributed by atoms with E-state index in [-0.39, 0.29) is 6.03 Å². The number of likely N-dealkylation sites (N-methyl/N-ethyl adjacent to an activating group) is 1. The van der Waals surface area contributed by atoms with Crippen molar-refractivity contribution in [2.75, 3.05) is 47.8 Å². The molecule has 0 rings (SSSR count). The first-order chi connectivity index (χ1) is 6.84. The lowest BCUT2D eigenvalue weighted by Gasteiger charge is -2.28. The van der Waals surface area contributed by atoms with Gasteiger partial charge in [-0.3, -0.25) is 0 Å². The zero-order valence-corrected chi connectivity index (χ0v) is 10.9. The van der Waals surface area contributed by atoms with Crippen molar-refractivity contribution >= 4 is 6.03 Å². The molecule has 0 aliphatic rings. The van der Waals surface area contributed by atoms with E-state index in [1.165, 1.54) is 0 Å². The van der Waals surface area contributed by atoms with Crippen LogP contribution in [0.4, 0.5) is 4.79 Å². The lowest BCUT2D eigenvalue weighted by atomic mass is 10.2. The summed E-state index contributed by atoms with van der Waals surface area (Å²) < 4.78 is 0. The molecule has 4 heteroatoms. The van der Waals surface area contributed by atoms with Gasteiger partial charge in [-0.1, -0.05) is 13.8 Å². The maximum absolute atomic E-state index is 11.8. The first kappa shape index (κ1) is 14.2. The largest absolute Gasteiger partial charge is 0.331 e. The third-order valence-electron chi connectivity index (χ3n) is 2.06. The number of carbonyl (C=O) groups is 1. The van der Waals surface area contributed by atoms with Crippen LogP contribution in [0, 0.1) is 5.92 Å². The highest BCUT2D eigenvalue weighted by molar-refractivity contribution is 5.73. The maximum atomic E-state index is 11.8. The number of hydrogen-bond acceptors (Lipinski definition) is 2. The lowest BCUT2D eigenvalue weighted by molar-refractivity contribution is 0.159. The predicted molar refractivity (Wildman–Crippen MR) is 64.0 cm³/mol. The molecule has 15 heavy (non-hydrogen) atoms. The van der Waals surface area contributed by atoms with E-state index in [4.69, 9.17) is 0 Å². The fraction of sp³-hybridized carbons (Fsp3) is 0.909. The van der Waals surface area contributed by atoms with Crippen molar-refractivity contribution in [2.45, 2.75) is 13.8 Å². The van der Waals surface area contributed by atoms with E-state index in [0.717, 1.165) is 19.6 Å². The molecular formula is C11H25N3O. The van der Waals surface area contributed by atoms with Gasteiger partial charge in [0.05, 0.1) is 0 Å². The Bertz CT molecular complexity index is 190. The Hall–Kier alpha value is -0.770. The van der Waals surface area contributed by atoms with Crippen LogP contribution in [0.3, 0.4) is 0 Å². The van der Waals surface area contributed by atoms with Crippen LogP contribution in [-0.4, -0.2) is 68.6 Å². The Labute approximate surface area is 93.8 Å². The summed E-state index contributed by atoms with van der Waals surface area (Å²) >= 11 is 0. The van der Waals surface area contributed by atoms with Crippen LogP contribution in [0.1, 0.15) is 13.8 Å². The Morgan fingerprint density at radius 1 is 1.07 bits per heavy atom. The van der Waals surface area contributed by atoms with E-state index in [2.05, 4.69) is 18.7 Å². The lowest BCUT2D eigenvalue weighted by Crippen LogP contribution is -2.44. The number of carbonyl (C=O) groups excluding carboxylic acids is 1. The number of urea groups is 1. The third kappa shape index (κ3) is 6.33. The molecule has 0 saturated heterocycles. The monoisotopic (exact) mass is 215 g/mol. The molecule has 0 radical (unpaired) electrons. The molecule has 0 unspecified atom stereocenters. The molecule has 0 atom stereocenters. The molecule has 4 nitrogen and oxygen atoms in total. The van der Waals surface area contributed by atoms with Crippen molar-refractivity contribution in [3.8, 4) is 0 Å². The molecule has 2 amide bonds. The summed E-state index contributed by atoms with van der Waals surface area (Å²) in [7, 11) is 7.64. The van der Waals surface area contributed by atoms with Crippen LogP contribution in [0.15, 0.2) is 0 Å². The molecule has 0 aliphatic carbocycles. The van der Waals surface area contributed by atoms with Gasteiger partial charge in [0.25, 0.3) is 0 Å². The number of nitrogens with zero attached hydrogens (tertiary/aromatic N) is 3. The molecule has 0 saturated carbocycles. The van der Waals surface area contributed by atoms with Gasteiger partial charge in [-0.2, -0.15) is 0 Å². The average molecular weight is 215 g/mol. The third-order valence-corrected chi connectivity index (χ3v) is 2.06. The predicted octanol–water partition coefficient (Wildman–Crippen LogP) is 1.19. The summed E-state index contributed by atoms with van der Waals surface area (Å²) in [6, 6.07) is 0.102. The highest BCUT2D eigenvalue weighted by Crippen LogP contribution is 2.01. The SMILES string of the molecule is CC(C)CN(CCN(C)C)C(=O)N(C)C. The van der Waals surface area contributed by atoms with Gasteiger partial charge < -0.3 is 14.7 Å². The molecule has 90 valence electrons. The Balaban J connectivity index is 4.24. The molecular weight excluding hydrogens is 190 g/mol. The molecule has 0 heterocycles. The standard InChI is InChI=1S/C11H25N3O/c1-10(2)9-14(8-7-12(3)4)11(15)13(5)6/h10H,7-9H2,1-6H3. The van der Waals surface area contributed by atoms with Crippen LogP contribution in [0.5, 0.6) is 0 Å². The summed E-state index contributed by atoms with van der Waals surface area (Å²) in [4.78, 5) is 17.5. The number of hydrogen-bond donors (Lipinski definition) is 0. The quantitative estimate of drug-likeness (QED) is 0.688. The summed E-state index contributed by atoms with van der Waals surface area (Å²) in [5.74, 6) is 0.510. The molecule has 0 aromatic carbocycles. The summed E-state index contributed by atoms with van der Waals surface area (Å²) in [6.07, 6.45) is 0. The molecule has 0 aromatic heterocycles. The van der Waals surface area contributed by atoms with Crippen molar-refractivity contribution in [3.63, 3.8) is 0 Å². The topological polar surface area (TPSA) is 26.8 Å². The second-order valence-corrected chi connectivity index (χ2v) is 4.82. The Kier molecular flexibility index (Phi) is 6.32. The van der Waals surface area contributed by atoms with Crippen LogP contribution in [0.25, 0.3) is 0 Å². The highest BCUT2D eigenvalue weighted by Gasteiger charge is 2.16. The van der Waals surface area contributed by atoms with Gasteiger partial charge in [0, 0.05) is 33.7 Å². The normalized spacial score (nSPS) is 10.9. The van der Waals surface area contributed by atoms with Crippen LogP contribution < -0.4 is 0 Å². The second kappa shape index (κ2) is 6.67. The fourth-order valence-electron chi connectivity index (χ4n) is 1.31. The van der Waals surface area contributed by atoms with Gasteiger partial charge in [0.2, 0.25) is 0 Å². The number of rotatable bonds is 5. The zero-order chi connectivity index (χ0) is 12.0. The van der Waals surface area contributed by atoms with Gasteiger partial charge in [-0.15, -0.1) is 0 Å². The number of amides is 2. The molecule has 0 aliphatic heterocycles. The van der Waals surface area contributed by atoms with E-state index in [0.29, 0.717) is 5.92 Å². The van der Waals surface area contributed by atoms with Crippen LogP contribution in [-0.2, 0) is 0 Å². The van der Waals surface area contributed by atoms with E-state index in [9.17, 15) is 4.79 Å². The van der Waals surface area contributed by atoms with Crippen molar-refractivity contribution < 1.29 is 4.79 Å². The summed E-state index contributed by atoms with van der Waals surface area (Å²) in [5.41, 5.74) is 0. The zero-order valence-electron chi connectivity index (χ0n) is 10.9. The second-order valence-electron chi connectivity index (χ2n) is 4.82.